The van der Waals surface area contributed by atoms with Crippen molar-refractivity contribution in [2.45, 2.75) is 25.8 Å². The Labute approximate surface area is 169 Å². The molecule has 4 nitrogen and oxygen atoms in total. The van der Waals surface area contributed by atoms with Gasteiger partial charge in [-0.25, -0.2) is 5.43 Å². The van der Waals surface area contributed by atoms with Crippen LogP contribution >= 0.6 is 0 Å². The minimum atomic E-state index is -0.00114. The average Bonchev–Trinajstić information content (AvgIpc) is 3.51. The van der Waals surface area contributed by atoms with E-state index < -0.39 is 0 Å². The molecule has 0 unspecified atom stereocenters. The topological polar surface area (TPSA) is 46.4 Å². The largest absolute Gasteiger partial charge is 0.341 e. The summed E-state index contributed by atoms with van der Waals surface area (Å²) in [4.78, 5) is 12.4. The fourth-order valence-electron chi connectivity index (χ4n) is 4.30. The summed E-state index contributed by atoms with van der Waals surface area (Å²) in [5, 5.41) is 6.67. The van der Waals surface area contributed by atoms with Crippen LogP contribution in [0.25, 0.3) is 21.8 Å². The summed E-state index contributed by atoms with van der Waals surface area (Å²) in [6.07, 6.45) is 2.63. The molecule has 0 bridgehead atoms. The van der Waals surface area contributed by atoms with Crippen LogP contribution < -0.4 is 5.43 Å². The van der Waals surface area contributed by atoms with E-state index in [1.807, 2.05) is 24.3 Å². The van der Waals surface area contributed by atoms with Crippen molar-refractivity contribution in [3.8, 4) is 0 Å². The highest BCUT2D eigenvalue weighted by Gasteiger charge is 2.43. The minimum Gasteiger partial charge on any atom is -0.341 e. The molecule has 1 aliphatic rings. The lowest BCUT2D eigenvalue weighted by atomic mass is 10.1. The number of carbonyl (C=O) groups excluding carboxylic acids is 1. The van der Waals surface area contributed by atoms with Crippen LogP contribution in [0.15, 0.2) is 77.9 Å². The molecule has 1 amide bonds. The number of aryl methyl sites for hydroxylation is 1. The van der Waals surface area contributed by atoms with Crippen LogP contribution in [-0.2, 0) is 11.3 Å². The summed E-state index contributed by atoms with van der Waals surface area (Å²) in [6.45, 7) is 3.09. The number of hydrogen-bond acceptors (Lipinski definition) is 2. The second-order valence-electron chi connectivity index (χ2n) is 7.63. The lowest BCUT2D eigenvalue weighted by molar-refractivity contribution is -0.122. The van der Waals surface area contributed by atoms with Gasteiger partial charge in [-0.15, -0.1) is 0 Å². The number of benzene rings is 3. The number of para-hydroxylation sites is 1. The van der Waals surface area contributed by atoms with Crippen LogP contribution in [0.5, 0.6) is 0 Å². The highest BCUT2D eigenvalue weighted by Crippen LogP contribution is 2.47. The van der Waals surface area contributed by atoms with Crippen molar-refractivity contribution in [2.75, 3.05) is 0 Å². The van der Waals surface area contributed by atoms with Gasteiger partial charge in [0.1, 0.15) is 0 Å². The van der Waals surface area contributed by atoms with Crippen LogP contribution in [0.4, 0.5) is 0 Å². The Kier molecular flexibility index (Phi) is 4.39. The van der Waals surface area contributed by atoms with Crippen LogP contribution in [0.1, 0.15) is 30.4 Å². The smallest absolute Gasteiger partial charge is 0.243 e. The van der Waals surface area contributed by atoms with Crippen molar-refractivity contribution in [1.29, 1.82) is 0 Å². The Hall–Kier alpha value is -3.40. The molecule has 2 atom stereocenters. The van der Waals surface area contributed by atoms with Gasteiger partial charge >= 0.3 is 0 Å². The number of aromatic nitrogens is 1. The Bertz CT molecular complexity index is 1220. The van der Waals surface area contributed by atoms with Crippen LogP contribution in [-0.4, -0.2) is 16.7 Å². The van der Waals surface area contributed by atoms with Gasteiger partial charge in [-0.3, -0.25) is 4.79 Å². The Morgan fingerprint density at radius 2 is 1.79 bits per heavy atom. The van der Waals surface area contributed by atoms with Crippen molar-refractivity contribution < 1.29 is 4.79 Å². The fourth-order valence-corrected chi connectivity index (χ4v) is 4.30. The molecule has 0 saturated heterocycles. The third kappa shape index (κ3) is 3.21. The molecule has 5 rings (SSSR count). The quantitative estimate of drug-likeness (QED) is 0.381. The second kappa shape index (κ2) is 7.21. The predicted octanol–water partition coefficient (Wildman–Crippen LogP) is 5.07. The number of amides is 1. The molecule has 1 heterocycles. The monoisotopic (exact) mass is 381 g/mol. The predicted molar refractivity (Wildman–Crippen MR) is 118 cm³/mol. The first-order chi connectivity index (χ1) is 14.3. The van der Waals surface area contributed by atoms with E-state index in [1.165, 1.54) is 27.4 Å². The normalized spacial score (nSPS) is 18.5. The zero-order chi connectivity index (χ0) is 19.8. The number of hydrazone groups is 1. The van der Waals surface area contributed by atoms with Crippen molar-refractivity contribution in [3.63, 3.8) is 0 Å². The van der Waals surface area contributed by atoms with E-state index in [2.05, 4.69) is 70.5 Å². The van der Waals surface area contributed by atoms with Gasteiger partial charge in [0.25, 0.3) is 0 Å². The fraction of sp³-hybridized carbons (Fsp3) is 0.200. The molecule has 1 aliphatic carbocycles. The average molecular weight is 381 g/mol. The molecule has 144 valence electrons. The summed E-state index contributed by atoms with van der Waals surface area (Å²) in [6, 6.07) is 25.0. The lowest BCUT2D eigenvalue weighted by Gasteiger charge is -2.03. The molecule has 4 heteroatoms. The Morgan fingerprint density at radius 1 is 1.03 bits per heavy atom. The van der Waals surface area contributed by atoms with E-state index in [-0.39, 0.29) is 11.8 Å². The molecule has 3 aromatic carbocycles. The summed E-state index contributed by atoms with van der Waals surface area (Å²) >= 11 is 0. The van der Waals surface area contributed by atoms with Crippen molar-refractivity contribution in [3.05, 3.63) is 83.9 Å². The standard InChI is InChI=1S/C25H23N3O/c1-2-28-23-11-7-6-10-19(23)21-14-17(12-13-24(21)28)16-26-27-25(29)22-15-20(22)18-8-4-3-5-9-18/h3-14,16,20,22H,2,15H2,1H3,(H,27,29)/b26-16-/t20-,22-/m0/s1. The molecule has 1 fully saturated rings. The van der Waals surface area contributed by atoms with Gasteiger partial charge in [0.05, 0.1) is 6.21 Å². The van der Waals surface area contributed by atoms with E-state index in [0.29, 0.717) is 5.92 Å². The van der Waals surface area contributed by atoms with E-state index in [9.17, 15) is 4.79 Å². The van der Waals surface area contributed by atoms with Crippen LogP contribution in [0.2, 0.25) is 0 Å². The van der Waals surface area contributed by atoms with Gasteiger partial charge in [-0.1, -0.05) is 54.6 Å². The number of rotatable bonds is 5. The number of nitrogens with one attached hydrogen (secondary N) is 1. The molecule has 1 saturated carbocycles. The maximum Gasteiger partial charge on any atom is 0.243 e. The minimum absolute atomic E-state index is 0.00114. The van der Waals surface area contributed by atoms with Gasteiger partial charge in [0.15, 0.2) is 0 Å². The molecule has 0 radical (unpaired) electrons. The Balaban J connectivity index is 1.32. The van der Waals surface area contributed by atoms with Crippen molar-refractivity contribution in [2.24, 2.45) is 11.0 Å². The van der Waals surface area contributed by atoms with Crippen molar-refractivity contribution in [1.82, 2.24) is 9.99 Å². The van der Waals surface area contributed by atoms with E-state index in [4.69, 9.17) is 0 Å². The maximum atomic E-state index is 12.4. The van der Waals surface area contributed by atoms with Crippen molar-refractivity contribution >= 4 is 33.9 Å². The zero-order valence-corrected chi connectivity index (χ0v) is 16.4. The first-order valence-electron chi connectivity index (χ1n) is 10.1. The van der Waals surface area contributed by atoms with Gasteiger partial charge in [-0.2, -0.15) is 5.10 Å². The summed E-state index contributed by atoms with van der Waals surface area (Å²) in [5.41, 5.74) is 7.39. The Morgan fingerprint density at radius 3 is 2.62 bits per heavy atom. The summed E-state index contributed by atoms with van der Waals surface area (Å²) < 4.78 is 2.32. The van der Waals surface area contributed by atoms with Gasteiger partial charge in [-0.05, 0) is 48.6 Å². The molecule has 1 N–H and O–H groups in total. The van der Waals surface area contributed by atoms with E-state index in [0.717, 1.165) is 18.5 Å². The van der Waals surface area contributed by atoms with E-state index >= 15 is 0 Å². The van der Waals surface area contributed by atoms with Gasteiger partial charge in [0, 0.05) is 34.3 Å². The SMILES string of the molecule is CCn1c2ccccc2c2cc(/C=N\NC(=O)[C@H]3C[C@H]3c3ccccc3)ccc21. The first-order valence-corrected chi connectivity index (χ1v) is 10.1. The number of nitrogens with zero attached hydrogens (tertiary/aromatic N) is 2. The summed E-state index contributed by atoms with van der Waals surface area (Å²) in [7, 11) is 0. The second-order valence-corrected chi connectivity index (χ2v) is 7.63. The van der Waals surface area contributed by atoms with Gasteiger partial charge in [0.2, 0.25) is 5.91 Å². The molecule has 0 aliphatic heterocycles. The number of fused-ring (bicyclic) bond motifs is 3. The highest BCUT2D eigenvalue weighted by molar-refractivity contribution is 6.09. The van der Waals surface area contributed by atoms with Crippen LogP contribution in [0, 0.1) is 5.92 Å². The molecule has 29 heavy (non-hydrogen) atoms. The third-order valence-electron chi connectivity index (χ3n) is 5.86. The molecular weight excluding hydrogens is 358 g/mol. The van der Waals surface area contributed by atoms with Gasteiger partial charge < -0.3 is 4.57 Å². The third-order valence-corrected chi connectivity index (χ3v) is 5.86. The molecular formula is C25H23N3O. The maximum absolute atomic E-state index is 12.4. The van der Waals surface area contributed by atoms with Crippen LogP contribution in [0.3, 0.4) is 0 Å². The molecule has 4 aromatic rings. The van der Waals surface area contributed by atoms with E-state index in [1.54, 1.807) is 6.21 Å². The summed E-state index contributed by atoms with van der Waals surface area (Å²) in [5.74, 6) is 0.348. The number of hydrogen-bond donors (Lipinski definition) is 1. The molecule has 0 spiro atoms. The first kappa shape index (κ1) is 17.7. The lowest BCUT2D eigenvalue weighted by Crippen LogP contribution is -2.20. The molecule has 1 aromatic heterocycles. The highest BCUT2D eigenvalue weighted by atomic mass is 16.2. The zero-order valence-electron chi connectivity index (χ0n) is 16.4. The number of carbonyl (C=O) groups is 1.